The molecule has 0 atom stereocenters. The topological polar surface area (TPSA) is 80.4 Å². The average Bonchev–Trinajstić information content (AvgIpc) is 2.62. The molecule has 0 saturated heterocycles. The summed E-state index contributed by atoms with van der Waals surface area (Å²) in [5.74, 6) is -0.949. The first-order valence-electron chi connectivity index (χ1n) is 7.64. The van der Waals surface area contributed by atoms with Crippen molar-refractivity contribution in [1.82, 2.24) is 0 Å². The lowest BCUT2D eigenvalue weighted by molar-refractivity contribution is 0.0975. The summed E-state index contributed by atoms with van der Waals surface area (Å²) in [5, 5.41) is 10.1. The van der Waals surface area contributed by atoms with E-state index in [4.69, 9.17) is 5.73 Å². The number of aromatic hydroxyl groups is 1. The molecule has 3 aromatic rings. The van der Waals surface area contributed by atoms with E-state index in [0.717, 1.165) is 4.90 Å². The lowest BCUT2D eigenvalue weighted by Gasteiger charge is -2.21. The maximum Gasteiger partial charge on any atom is 0.199 e. The second kappa shape index (κ2) is 5.79. The van der Waals surface area contributed by atoms with Crippen molar-refractivity contribution in [3.63, 3.8) is 0 Å². The van der Waals surface area contributed by atoms with E-state index in [0.29, 0.717) is 16.0 Å². The molecule has 0 radical (unpaired) electrons. The van der Waals surface area contributed by atoms with Crippen molar-refractivity contribution in [3.05, 3.63) is 82.9 Å². The predicted octanol–water partition coefficient (Wildman–Crippen LogP) is 3.90. The minimum absolute atomic E-state index is 0.0152. The number of hydrogen-bond donors (Lipinski definition) is 2. The quantitative estimate of drug-likeness (QED) is 0.425. The Morgan fingerprint density at radius 1 is 0.760 bits per heavy atom. The highest BCUT2D eigenvalue weighted by Gasteiger charge is 2.35. The van der Waals surface area contributed by atoms with Crippen molar-refractivity contribution >= 4 is 29.0 Å². The van der Waals surface area contributed by atoms with Gasteiger partial charge < -0.3 is 10.8 Å². The molecule has 3 aromatic carbocycles. The summed E-state index contributed by atoms with van der Waals surface area (Å²) in [7, 11) is 0. The number of phenols is 1. The van der Waals surface area contributed by atoms with E-state index in [1.807, 2.05) is 30.3 Å². The first-order chi connectivity index (χ1) is 12.1. The summed E-state index contributed by atoms with van der Waals surface area (Å²) < 4.78 is 0. The molecule has 0 aromatic heterocycles. The van der Waals surface area contributed by atoms with Crippen LogP contribution in [0.25, 0.3) is 0 Å². The molecule has 0 fully saturated rings. The van der Waals surface area contributed by atoms with Crippen molar-refractivity contribution in [2.45, 2.75) is 9.79 Å². The van der Waals surface area contributed by atoms with Crippen LogP contribution in [0.1, 0.15) is 31.8 Å². The zero-order chi connectivity index (χ0) is 17.6. The number of ketones is 2. The van der Waals surface area contributed by atoms with Gasteiger partial charge in [0.05, 0.1) is 11.1 Å². The van der Waals surface area contributed by atoms with Crippen LogP contribution < -0.4 is 5.73 Å². The Morgan fingerprint density at radius 2 is 1.52 bits per heavy atom. The molecule has 0 spiro atoms. The van der Waals surface area contributed by atoms with E-state index in [1.165, 1.54) is 23.9 Å². The van der Waals surface area contributed by atoms with Gasteiger partial charge in [-0.15, -0.1) is 0 Å². The van der Waals surface area contributed by atoms with Gasteiger partial charge in [0.25, 0.3) is 0 Å². The molecular weight excluding hydrogens is 334 g/mol. The van der Waals surface area contributed by atoms with Crippen molar-refractivity contribution in [1.29, 1.82) is 0 Å². The fourth-order valence-electron chi connectivity index (χ4n) is 3.00. The summed E-state index contributed by atoms with van der Waals surface area (Å²) in [6.45, 7) is 0. The molecular formula is C20H13NO3S. The molecule has 0 amide bonds. The third-order valence-electron chi connectivity index (χ3n) is 4.14. The zero-order valence-corrected chi connectivity index (χ0v) is 13.8. The third-order valence-corrected chi connectivity index (χ3v) is 5.21. The maximum absolute atomic E-state index is 13.1. The lowest BCUT2D eigenvalue weighted by Crippen LogP contribution is -2.23. The number of phenolic OH excluding ortho intramolecular Hbond substituents is 1. The molecule has 0 saturated carbocycles. The number of hydrogen-bond acceptors (Lipinski definition) is 5. The van der Waals surface area contributed by atoms with Crippen LogP contribution in [0.2, 0.25) is 0 Å². The maximum atomic E-state index is 13.1. The van der Waals surface area contributed by atoms with Crippen molar-refractivity contribution in [2.24, 2.45) is 0 Å². The predicted molar refractivity (Wildman–Crippen MR) is 96.4 cm³/mol. The Morgan fingerprint density at radius 3 is 2.28 bits per heavy atom. The molecule has 1 aliphatic rings. The summed E-state index contributed by atoms with van der Waals surface area (Å²) >= 11 is 1.41. The smallest absolute Gasteiger partial charge is 0.199 e. The van der Waals surface area contributed by atoms with Crippen LogP contribution in [0.5, 0.6) is 5.75 Å². The first kappa shape index (κ1) is 15.5. The van der Waals surface area contributed by atoms with Gasteiger partial charge in [0, 0.05) is 26.6 Å². The number of rotatable bonds is 2. The second-order valence-corrected chi connectivity index (χ2v) is 6.79. The summed E-state index contributed by atoms with van der Waals surface area (Å²) in [5.41, 5.74) is 6.78. The summed E-state index contributed by atoms with van der Waals surface area (Å²) in [6.07, 6.45) is 0. The SMILES string of the molecule is Nc1ccc(O)c2c1C(=O)c1cccc(Sc3ccccc3)c1C2=O. The van der Waals surface area contributed by atoms with Crippen LogP contribution in [0.4, 0.5) is 5.69 Å². The van der Waals surface area contributed by atoms with E-state index >= 15 is 0 Å². The number of nitrogen functional groups attached to an aromatic ring is 1. The highest BCUT2D eigenvalue weighted by Crippen LogP contribution is 2.40. The first-order valence-corrected chi connectivity index (χ1v) is 8.46. The average molecular weight is 347 g/mol. The van der Waals surface area contributed by atoms with Crippen LogP contribution in [-0.4, -0.2) is 16.7 Å². The Hall–Kier alpha value is -3.05. The summed E-state index contributed by atoms with van der Waals surface area (Å²) in [6, 6.07) is 17.6. The van der Waals surface area contributed by atoms with Crippen LogP contribution >= 0.6 is 11.8 Å². The lowest BCUT2D eigenvalue weighted by atomic mass is 9.83. The Balaban J connectivity index is 1.92. The zero-order valence-electron chi connectivity index (χ0n) is 13.0. The largest absolute Gasteiger partial charge is 0.507 e. The van der Waals surface area contributed by atoms with Gasteiger partial charge in [-0.05, 0) is 30.3 Å². The van der Waals surface area contributed by atoms with Gasteiger partial charge in [0.15, 0.2) is 11.6 Å². The molecule has 0 unspecified atom stereocenters. The molecule has 0 heterocycles. The fraction of sp³-hybridized carbons (Fsp3) is 0. The van der Waals surface area contributed by atoms with Crippen molar-refractivity contribution in [2.75, 3.05) is 5.73 Å². The molecule has 5 heteroatoms. The Labute approximate surface area is 148 Å². The number of benzene rings is 3. The number of carbonyl (C=O) groups is 2. The molecule has 25 heavy (non-hydrogen) atoms. The molecule has 122 valence electrons. The molecule has 4 rings (SSSR count). The number of carbonyl (C=O) groups excluding carboxylic acids is 2. The Kier molecular flexibility index (Phi) is 3.58. The van der Waals surface area contributed by atoms with Gasteiger partial charge in [-0.1, -0.05) is 42.1 Å². The van der Waals surface area contributed by atoms with Gasteiger partial charge in [0.1, 0.15) is 5.75 Å². The van der Waals surface area contributed by atoms with Crippen LogP contribution in [0.3, 0.4) is 0 Å². The minimum atomic E-state index is -0.381. The molecule has 4 nitrogen and oxygen atoms in total. The number of anilines is 1. The Bertz CT molecular complexity index is 1030. The van der Waals surface area contributed by atoms with E-state index in [1.54, 1.807) is 18.2 Å². The minimum Gasteiger partial charge on any atom is -0.507 e. The number of fused-ring (bicyclic) bond motifs is 2. The third kappa shape index (κ3) is 2.40. The van der Waals surface area contributed by atoms with E-state index < -0.39 is 0 Å². The monoisotopic (exact) mass is 347 g/mol. The van der Waals surface area contributed by atoms with Crippen molar-refractivity contribution in [3.8, 4) is 5.75 Å². The van der Waals surface area contributed by atoms with Crippen LogP contribution in [-0.2, 0) is 0 Å². The molecule has 3 N–H and O–H groups in total. The van der Waals surface area contributed by atoms with E-state index in [9.17, 15) is 14.7 Å². The number of nitrogens with two attached hydrogens (primary N) is 1. The standard InChI is InChI=1S/C20H13NO3S/c21-13-9-10-14(22)18-17(13)19(23)12-7-4-8-15(16(12)20(18)24)25-11-5-2-1-3-6-11/h1-10,22H,21H2. The van der Waals surface area contributed by atoms with E-state index in [-0.39, 0.29) is 34.1 Å². The van der Waals surface area contributed by atoms with Crippen LogP contribution in [0, 0.1) is 0 Å². The highest BCUT2D eigenvalue weighted by molar-refractivity contribution is 7.99. The van der Waals surface area contributed by atoms with Crippen molar-refractivity contribution < 1.29 is 14.7 Å². The van der Waals surface area contributed by atoms with Gasteiger partial charge in [-0.3, -0.25) is 9.59 Å². The normalized spacial score (nSPS) is 12.6. The molecule has 1 aliphatic carbocycles. The van der Waals surface area contributed by atoms with E-state index in [2.05, 4.69) is 0 Å². The van der Waals surface area contributed by atoms with Gasteiger partial charge >= 0.3 is 0 Å². The molecule has 0 bridgehead atoms. The second-order valence-electron chi connectivity index (χ2n) is 5.68. The van der Waals surface area contributed by atoms with Gasteiger partial charge in [0.2, 0.25) is 0 Å². The highest BCUT2D eigenvalue weighted by atomic mass is 32.2. The van der Waals surface area contributed by atoms with Crippen LogP contribution in [0.15, 0.2) is 70.5 Å². The van der Waals surface area contributed by atoms with Gasteiger partial charge in [-0.25, -0.2) is 0 Å². The molecule has 0 aliphatic heterocycles. The van der Waals surface area contributed by atoms with Gasteiger partial charge in [-0.2, -0.15) is 0 Å². The summed E-state index contributed by atoms with van der Waals surface area (Å²) in [4.78, 5) is 27.6. The fourth-order valence-corrected chi connectivity index (χ4v) is 4.00.